The summed E-state index contributed by atoms with van der Waals surface area (Å²) in [6.45, 7) is 7.77. The van der Waals surface area contributed by atoms with E-state index in [9.17, 15) is 14.4 Å². The minimum absolute atomic E-state index is 0.135. The Balaban J connectivity index is 1.65. The zero-order valence-corrected chi connectivity index (χ0v) is 18.5. The second kappa shape index (κ2) is 8.34. The second-order valence-corrected chi connectivity index (χ2v) is 9.19. The average Bonchev–Trinajstić information content (AvgIpc) is 2.68. The van der Waals surface area contributed by atoms with Crippen LogP contribution in [0.15, 0.2) is 23.0 Å². The van der Waals surface area contributed by atoms with Crippen LogP contribution in [0.1, 0.15) is 43.7 Å². The number of piperidine rings is 1. The van der Waals surface area contributed by atoms with Crippen LogP contribution < -0.4 is 21.1 Å². The molecule has 9 heteroatoms. The maximum Gasteiger partial charge on any atom is 0.258 e. The molecule has 2 aliphatic rings. The van der Waals surface area contributed by atoms with Gasteiger partial charge in [-0.1, -0.05) is 31.5 Å². The quantitative estimate of drug-likeness (QED) is 0.674. The number of aromatic nitrogens is 2. The van der Waals surface area contributed by atoms with Crippen molar-refractivity contribution in [3.8, 4) is 0 Å². The maximum atomic E-state index is 13.0. The first-order valence-electron chi connectivity index (χ1n) is 10.5. The van der Waals surface area contributed by atoms with Gasteiger partial charge in [-0.15, -0.1) is 0 Å². The number of aromatic amines is 1. The fraction of sp³-hybridized carbons (Fsp3) is 0.455. The van der Waals surface area contributed by atoms with Crippen LogP contribution in [0.2, 0.25) is 5.02 Å². The van der Waals surface area contributed by atoms with Crippen LogP contribution in [0.25, 0.3) is 0 Å². The Morgan fingerprint density at radius 3 is 2.61 bits per heavy atom. The highest BCUT2D eigenvalue weighted by Gasteiger charge is 2.36. The van der Waals surface area contributed by atoms with E-state index in [1.165, 1.54) is 0 Å². The Kier molecular flexibility index (Phi) is 5.75. The van der Waals surface area contributed by atoms with E-state index >= 15 is 0 Å². The molecule has 1 fully saturated rings. The van der Waals surface area contributed by atoms with E-state index < -0.39 is 17.4 Å². The van der Waals surface area contributed by atoms with E-state index in [1.54, 1.807) is 12.1 Å². The number of benzene rings is 1. The number of hydrogen-bond acceptors (Lipinski definition) is 5. The third-order valence-electron chi connectivity index (χ3n) is 5.81. The first-order chi connectivity index (χ1) is 14.7. The summed E-state index contributed by atoms with van der Waals surface area (Å²) in [7, 11) is 0. The van der Waals surface area contributed by atoms with Gasteiger partial charge in [0.2, 0.25) is 17.8 Å². The van der Waals surface area contributed by atoms with Crippen molar-refractivity contribution < 1.29 is 9.59 Å². The van der Waals surface area contributed by atoms with Crippen LogP contribution in [0.5, 0.6) is 0 Å². The number of H-pyrrole nitrogens is 1. The summed E-state index contributed by atoms with van der Waals surface area (Å²) < 4.78 is 0. The molecular formula is C22H26ClN5O3. The third kappa shape index (κ3) is 4.44. The molecule has 1 aromatic heterocycles. The highest BCUT2D eigenvalue weighted by Crippen LogP contribution is 2.32. The van der Waals surface area contributed by atoms with Gasteiger partial charge in [0.05, 0.1) is 22.2 Å². The molecular weight excluding hydrogens is 418 g/mol. The van der Waals surface area contributed by atoms with Crippen molar-refractivity contribution in [1.82, 2.24) is 9.97 Å². The molecule has 164 valence electrons. The number of carbonyl (C=O) groups excluding carboxylic acids is 2. The monoisotopic (exact) mass is 443 g/mol. The number of amides is 2. The van der Waals surface area contributed by atoms with Crippen LogP contribution >= 0.6 is 11.6 Å². The summed E-state index contributed by atoms with van der Waals surface area (Å²) in [6, 6.07) is 5.26. The summed E-state index contributed by atoms with van der Waals surface area (Å²) in [6.07, 6.45) is 0.983. The Morgan fingerprint density at radius 2 is 1.94 bits per heavy atom. The molecule has 0 bridgehead atoms. The minimum atomic E-state index is -0.953. The standard InChI is InChI=1S/C22H26ClN5O3/c1-11-4-5-16(15(23)7-11)24-20(30)14-8-17(29)25-19-18(14)21(31)27-22(26-19)28-9-12(2)6-13(3)10-28/h4-5,7,12-14H,6,8-10H2,1-3H3,(H,24,30)(H2,25,26,27,29,31)/t12-,13-,14+/m1/s1. The fourth-order valence-corrected chi connectivity index (χ4v) is 4.79. The topological polar surface area (TPSA) is 107 Å². The van der Waals surface area contributed by atoms with Gasteiger partial charge in [-0.25, -0.2) is 0 Å². The summed E-state index contributed by atoms with van der Waals surface area (Å²) >= 11 is 6.22. The number of carbonyl (C=O) groups is 2. The lowest BCUT2D eigenvalue weighted by molar-refractivity contribution is -0.123. The van der Waals surface area contributed by atoms with Crippen LogP contribution in [0.3, 0.4) is 0 Å². The van der Waals surface area contributed by atoms with Crippen molar-refractivity contribution in [2.75, 3.05) is 28.6 Å². The number of halogens is 1. The Hall–Kier alpha value is -2.87. The molecule has 0 saturated carbocycles. The molecule has 1 saturated heterocycles. The van der Waals surface area contributed by atoms with E-state index in [4.69, 9.17) is 11.6 Å². The van der Waals surface area contributed by atoms with Gasteiger partial charge in [-0.3, -0.25) is 19.4 Å². The lowest BCUT2D eigenvalue weighted by Crippen LogP contribution is -2.42. The molecule has 3 heterocycles. The number of fused-ring (bicyclic) bond motifs is 1. The molecule has 0 aliphatic carbocycles. The largest absolute Gasteiger partial charge is 0.342 e. The zero-order valence-electron chi connectivity index (χ0n) is 17.8. The normalized spacial score (nSPS) is 23.2. The fourth-order valence-electron chi connectivity index (χ4n) is 4.51. The summed E-state index contributed by atoms with van der Waals surface area (Å²) in [5, 5.41) is 5.80. The molecule has 8 nitrogen and oxygen atoms in total. The summed E-state index contributed by atoms with van der Waals surface area (Å²) in [4.78, 5) is 47.7. The number of nitrogens with one attached hydrogen (secondary N) is 3. The third-order valence-corrected chi connectivity index (χ3v) is 6.12. The average molecular weight is 444 g/mol. The second-order valence-electron chi connectivity index (χ2n) is 8.78. The lowest BCUT2D eigenvalue weighted by Gasteiger charge is -2.35. The van der Waals surface area contributed by atoms with Gasteiger partial charge in [-0.2, -0.15) is 4.98 Å². The van der Waals surface area contributed by atoms with Crippen LogP contribution in [0, 0.1) is 18.8 Å². The van der Waals surface area contributed by atoms with Gasteiger partial charge in [0.1, 0.15) is 5.82 Å². The van der Waals surface area contributed by atoms with E-state index in [0.29, 0.717) is 28.5 Å². The smallest absolute Gasteiger partial charge is 0.258 e. The molecule has 1 aromatic carbocycles. The van der Waals surface area contributed by atoms with E-state index in [-0.39, 0.29) is 23.7 Å². The van der Waals surface area contributed by atoms with Gasteiger partial charge >= 0.3 is 0 Å². The summed E-state index contributed by atoms with van der Waals surface area (Å²) in [5.74, 6) is -0.268. The number of hydrogen-bond donors (Lipinski definition) is 3. The molecule has 2 aliphatic heterocycles. The van der Waals surface area contributed by atoms with E-state index in [0.717, 1.165) is 25.1 Å². The highest BCUT2D eigenvalue weighted by molar-refractivity contribution is 6.33. The Bertz CT molecular complexity index is 1090. The lowest BCUT2D eigenvalue weighted by atomic mass is 9.91. The molecule has 0 unspecified atom stereocenters. The molecule has 3 N–H and O–H groups in total. The minimum Gasteiger partial charge on any atom is -0.342 e. The molecule has 31 heavy (non-hydrogen) atoms. The van der Waals surface area contributed by atoms with Gasteiger partial charge in [0.15, 0.2) is 0 Å². The predicted molar refractivity (Wildman–Crippen MR) is 121 cm³/mol. The molecule has 4 rings (SSSR count). The van der Waals surface area contributed by atoms with Gasteiger partial charge in [-0.05, 0) is 42.9 Å². The van der Waals surface area contributed by atoms with Crippen molar-refractivity contribution in [1.29, 1.82) is 0 Å². The van der Waals surface area contributed by atoms with Gasteiger partial charge < -0.3 is 15.5 Å². The van der Waals surface area contributed by atoms with Crippen molar-refractivity contribution >= 4 is 40.9 Å². The van der Waals surface area contributed by atoms with Crippen molar-refractivity contribution in [3.63, 3.8) is 0 Å². The van der Waals surface area contributed by atoms with Crippen LogP contribution in [-0.4, -0.2) is 34.9 Å². The maximum absolute atomic E-state index is 13.0. The molecule has 0 radical (unpaired) electrons. The van der Waals surface area contributed by atoms with Crippen LogP contribution in [0.4, 0.5) is 17.5 Å². The van der Waals surface area contributed by atoms with Crippen LogP contribution in [-0.2, 0) is 9.59 Å². The van der Waals surface area contributed by atoms with E-state index in [1.807, 2.05) is 17.9 Å². The first-order valence-corrected chi connectivity index (χ1v) is 10.8. The summed E-state index contributed by atoms with van der Waals surface area (Å²) in [5.41, 5.74) is 1.14. The molecule has 0 spiro atoms. The van der Waals surface area contributed by atoms with Crippen molar-refractivity contribution in [2.24, 2.45) is 11.8 Å². The number of rotatable bonds is 3. The predicted octanol–water partition coefficient (Wildman–Crippen LogP) is 3.28. The number of aryl methyl sites for hydroxylation is 1. The van der Waals surface area contributed by atoms with Crippen molar-refractivity contribution in [2.45, 2.75) is 39.5 Å². The van der Waals surface area contributed by atoms with Crippen molar-refractivity contribution in [3.05, 3.63) is 44.7 Å². The van der Waals surface area contributed by atoms with Gasteiger partial charge in [0, 0.05) is 19.5 Å². The SMILES string of the molecule is Cc1ccc(NC(=O)[C@H]2CC(=O)Nc3nc(N4C[C@H](C)C[C@@H](C)C4)[nH]c(=O)c32)c(Cl)c1. The molecule has 2 amide bonds. The first kappa shape index (κ1) is 21.4. The Morgan fingerprint density at radius 1 is 1.23 bits per heavy atom. The number of anilines is 3. The number of nitrogens with zero attached hydrogens (tertiary/aromatic N) is 2. The Labute approximate surface area is 185 Å². The molecule has 2 aromatic rings. The van der Waals surface area contributed by atoms with E-state index in [2.05, 4.69) is 34.4 Å². The zero-order chi connectivity index (χ0) is 22.3. The molecule has 3 atom stereocenters. The highest BCUT2D eigenvalue weighted by atomic mass is 35.5. The van der Waals surface area contributed by atoms with Gasteiger partial charge in [0.25, 0.3) is 5.56 Å².